The number of carbonyl (C=O) groups excluding carboxylic acids is 1. The number of rotatable bonds is 2. The lowest BCUT2D eigenvalue weighted by Crippen LogP contribution is -2.36. The van der Waals surface area contributed by atoms with Gasteiger partial charge in [-0.3, -0.25) is 4.79 Å². The summed E-state index contributed by atoms with van der Waals surface area (Å²) < 4.78 is 36.6. The number of halogens is 3. The van der Waals surface area contributed by atoms with Gasteiger partial charge in [0.2, 0.25) is 0 Å². The molecule has 100 valence electrons. The Morgan fingerprint density at radius 3 is 2.33 bits per heavy atom. The van der Waals surface area contributed by atoms with Gasteiger partial charge in [0.15, 0.2) is 0 Å². The molecule has 1 rings (SSSR count). The van der Waals surface area contributed by atoms with Crippen LogP contribution in [-0.2, 0) is 0 Å². The van der Waals surface area contributed by atoms with Gasteiger partial charge in [-0.2, -0.15) is 13.2 Å². The molecule has 0 heterocycles. The topological polar surface area (TPSA) is 46.3 Å². The molecule has 0 saturated carbocycles. The van der Waals surface area contributed by atoms with E-state index in [1.54, 1.807) is 19.9 Å². The SMILES string of the molecule is Cc1cc(C)c(C(=O)N(C)CC(F)(F)F)cc1N. The summed E-state index contributed by atoms with van der Waals surface area (Å²) in [5.41, 5.74) is 7.66. The average Bonchev–Trinajstić information content (AvgIpc) is 2.20. The molecule has 0 saturated heterocycles. The molecular weight excluding hydrogens is 245 g/mol. The van der Waals surface area contributed by atoms with Gasteiger partial charge < -0.3 is 10.6 Å². The highest BCUT2D eigenvalue weighted by atomic mass is 19.4. The molecule has 0 aliphatic heterocycles. The standard InChI is InChI=1S/C12H15F3N2O/c1-7-4-8(2)10(16)5-9(7)11(18)17(3)6-12(13,14)15/h4-5H,6,16H2,1-3H3. The molecule has 1 amide bonds. The summed E-state index contributed by atoms with van der Waals surface area (Å²) in [6, 6.07) is 3.10. The number of amides is 1. The van der Waals surface area contributed by atoms with Crippen LogP contribution >= 0.6 is 0 Å². The van der Waals surface area contributed by atoms with Gasteiger partial charge in [0.1, 0.15) is 6.54 Å². The summed E-state index contributed by atoms with van der Waals surface area (Å²) in [6.45, 7) is 2.16. The number of nitrogen functional groups attached to an aromatic ring is 1. The van der Waals surface area contributed by atoms with Crippen molar-refractivity contribution in [2.75, 3.05) is 19.3 Å². The molecule has 0 aromatic heterocycles. The molecule has 0 unspecified atom stereocenters. The zero-order chi connectivity index (χ0) is 14.1. The molecule has 0 fully saturated rings. The highest BCUT2D eigenvalue weighted by molar-refractivity contribution is 5.96. The van der Waals surface area contributed by atoms with E-state index in [0.717, 1.165) is 12.6 Å². The summed E-state index contributed by atoms with van der Waals surface area (Å²) >= 11 is 0. The summed E-state index contributed by atoms with van der Waals surface area (Å²) in [7, 11) is 1.12. The first-order chi connectivity index (χ1) is 8.11. The Hall–Kier alpha value is -1.72. The van der Waals surface area contributed by atoms with E-state index in [-0.39, 0.29) is 5.56 Å². The number of aryl methyl sites for hydroxylation is 2. The molecule has 0 atom stereocenters. The molecule has 1 aromatic rings. The van der Waals surface area contributed by atoms with Gasteiger partial charge in [-0.05, 0) is 31.0 Å². The van der Waals surface area contributed by atoms with Crippen LogP contribution in [0, 0.1) is 13.8 Å². The summed E-state index contributed by atoms with van der Waals surface area (Å²) in [6.07, 6.45) is -4.41. The van der Waals surface area contributed by atoms with Crippen molar-refractivity contribution >= 4 is 11.6 Å². The van der Waals surface area contributed by atoms with Gasteiger partial charge in [-0.1, -0.05) is 6.07 Å². The van der Waals surface area contributed by atoms with Crippen molar-refractivity contribution < 1.29 is 18.0 Å². The predicted octanol–water partition coefficient (Wildman–Crippen LogP) is 2.52. The number of anilines is 1. The van der Waals surface area contributed by atoms with E-state index in [1.165, 1.54) is 6.07 Å². The van der Waals surface area contributed by atoms with Crippen molar-refractivity contribution in [3.8, 4) is 0 Å². The molecule has 18 heavy (non-hydrogen) atoms. The molecule has 1 aromatic carbocycles. The van der Waals surface area contributed by atoms with Crippen LogP contribution in [0.3, 0.4) is 0 Å². The zero-order valence-electron chi connectivity index (χ0n) is 10.4. The molecule has 0 radical (unpaired) electrons. The fourth-order valence-corrected chi connectivity index (χ4v) is 1.65. The van der Waals surface area contributed by atoms with E-state index in [4.69, 9.17) is 5.73 Å². The molecule has 0 aliphatic rings. The van der Waals surface area contributed by atoms with Crippen LogP contribution in [0.5, 0.6) is 0 Å². The van der Waals surface area contributed by atoms with Crippen LogP contribution in [0.15, 0.2) is 12.1 Å². The average molecular weight is 260 g/mol. The lowest BCUT2D eigenvalue weighted by molar-refractivity contribution is -0.138. The largest absolute Gasteiger partial charge is 0.406 e. The fourth-order valence-electron chi connectivity index (χ4n) is 1.65. The van der Waals surface area contributed by atoms with Crippen LogP contribution in [0.4, 0.5) is 18.9 Å². The van der Waals surface area contributed by atoms with E-state index in [2.05, 4.69) is 0 Å². The first-order valence-electron chi connectivity index (χ1n) is 5.31. The third-order valence-electron chi connectivity index (χ3n) is 2.61. The van der Waals surface area contributed by atoms with Crippen LogP contribution in [0.1, 0.15) is 21.5 Å². The predicted molar refractivity (Wildman–Crippen MR) is 63.3 cm³/mol. The first-order valence-corrected chi connectivity index (χ1v) is 5.31. The van der Waals surface area contributed by atoms with Crippen molar-refractivity contribution in [1.82, 2.24) is 4.90 Å². The van der Waals surface area contributed by atoms with Crippen LogP contribution in [0.25, 0.3) is 0 Å². The highest BCUT2D eigenvalue weighted by Crippen LogP contribution is 2.21. The van der Waals surface area contributed by atoms with Crippen molar-refractivity contribution in [1.29, 1.82) is 0 Å². The van der Waals surface area contributed by atoms with Gasteiger partial charge >= 0.3 is 6.18 Å². The van der Waals surface area contributed by atoms with E-state index >= 15 is 0 Å². The summed E-state index contributed by atoms with van der Waals surface area (Å²) in [5, 5.41) is 0. The van der Waals surface area contributed by atoms with Crippen molar-refractivity contribution in [2.45, 2.75) is 20.0 Å². The Morgan fingerprint density at radius 2 is 1.83 bits per heavy atom. The first kappa shape index (κ1) is 14.3. The third-order valence-corrected chi connectivity index (χ3v) is 2.61. The Balaban J connectivity index is 3.01. The Kier molecular flexibility index (Phi) is 3.88. The Bertz CT molecular complexity index is 469. The minimum Gasteiger partial charge on any atom is -0.398 e. The number of nitrogens with two attached hydrogens (primary N) is 1. The van der Waals surface area contributed by atoms with Crippen molar-refractivity contribution in [2.24, 2.45) is 0 Å². The Morgan fingerprint density at radius 1 is 1.28 bits per heavy atom. The second-order valence-corrected chi connectivity index (χ2v) is 4.30. The smallest absolute Gasteiger partial charge is 0.398 e. The van der Waals surface area contributed by atoms with Crippen LogP contribution in [-0.4, -0.2) is 30.6 Å². The monoisotopic (exact) mass is 260 g/mol. The molecule has 0 aliphatic carbocycles. The maximum atomic E-state index is 12.2. The maximum Gasteiger partial charge on any atom is 0.406 e. The van der Waals surface area contributed by atoms with E-state index in [1.807, 2.05) is 0 Å². The summed E-state index contributed by atoms with van der Waals surface area (Å²) in [5.74, 6) is -0.684. The van der Waals surface area contributed by atoms with Crippen LogP contribution < -0.4 is 5.73 Å². The lowest BCUT2D eigenvalue weighted by atomic mass is 10.0. The minimum atomic E-state index is -4.41. The minimum absolute atomic E-state index is 0.199. The molecule has 2 N–H and O–H groups in total. The zero-order valence-corrected chi connectivity index (χ0v) is 10.4. The van der Waals surface area contributed by atoms with Crippen molar-refractivity contribution in [3.05, 3.63) is 28.8 Å². The van der Waals surface area contributed by atoms with Crippen LogP contribution in [0.2, 0.25) is 0 Å². The molecule has 0 spiro atoms. The van der Waals surface area contributed by atoms with E-state index < -0.39 is 18.6 Å². The molecule has 6 heteroatoms. The third kappa shape index (κ3) is 3.38. The summed E-state index contributed by atoms with van der Waals surface area (Å²) in [4.78, 5) is 12.5. The normalized spacial score (nSPS) is 11.4. The van der Waals surface area contributed by atoms with Gasteiger partial charge in [0, 0.05) is 18.3 Å². The molecule has 3 nitrogen and oxygen atoms in total. The second-order valence-electron chi connectivity index (χ2n) is 4.30. The molecular formula is C12H15F3N2O. The molecule has 0 bridgehead atoms. The van der Waals surface area contributed by atoms with Gasteiger partial charge in [0.25, 0.3) is 5.91 Å². The maximum absolute atomic E-state index is 12.2. The van der Waals surface area contributed by atoms with E-state index in [0.29, 0.717) is 16.2 Å². The number of hydrogen-bond acceptors (Lipinski definition) is 2. The number of carbonyl (C=O) groups is 1. The lowest BCUT2D eigenvalue weighted by Gasteiger charge is -2.20. The van der Waals surface area contributed by atoms with Gasteiger partial charge in [-0.25, -0.2) is 0 Å². The van der Waals surface area contributed by atoms with Gasteiger partial charge in [0.05, 0.1) is 0 Å². The number of benzene rings is 1. The van der Waals surface area contributed by atoms with Gasteiger partial charge in [-0.15, -0.1) is 0 Å². The number of alkyl halides is 3. The quantitative estimate of drug-likeness (QED) is 0.830. The number of nitrogens with zero attached hydrogens (tertiary/aromatic N) is 1. The second kappa shape index (κ2) is 4.88. The van der Waals surface area contributed by atoms with E-state index in [9.17, 15) is 18.0 Å². The highest BCUT2D eigenvalue weighted by Gasteiger charge is 2.31. The Labute approximate surface area is 103 Å². The fraction of sp³-hybridized carbons (Fsp3) is 0.417. The van der Waals surface area contributed by atoms with Crippen molar-refractivity contribution in [3.63, 3.8) is 0 Å². The number of hydrogen-bond donors (Lipinski definition) is 1.